The van der Waals surface area contributed by atoms with E-state index in [-0.39, 0.29) is 16.7 Å². The molecule has 13 heteroatoms. The summed E-state index contributed by atoms with van der Waals surface area (Å²) in [5.41, 5.74) is 2.42. The van der Waals surface area contributed by atoms with Gasteiger partial charge >= 0.3 is 0 Å². The van der Waals surface area contributed by atoms with Crippen LogP contribution in [0.4, 0.5) is 15.9 Å². The van der Waals surface area contributed by atoms with E-state index >= 15 is 4.39 Å². The zero-order valence-electron chi connectivity index (χ0n) is 26.9. The summed E-state index contributed by atoms with van der Waals surface area (Å²) in [4.78, 5) is 40.3. The summed E-state index contributed by atoms with van der Waals surface area (Å²) >= 11 is 0. The Kier molecular flexibility index (Phi) is 8.11. The van der Waals surface area contributed by atoms with Gasteiger partial charge in [-0.05, 0) is 47.4 Å². The van der Waals surface area contributed by atoms with Crippen LogP contribution in [0, 0.1) is 5.82 Å². The molecule has 12 nitrogen and oxygen atoms in total. The number of pyridine rings is 1. The highest BCUT2D eigenvalue weighted by Gasteiger charge is 2.33. The Morgan fingerprint density at radius 1 is 1.10 bits per heavy atom. The number of fused-ring (bicyclic) bond motifs is 2. The molecule has 0 spiro atoms. The van der Waals surface area contributed by atoms with Crippen molar-refractivity contribution in [1.82, 2.24) is 19.7 Å². The van der Waals surface area contributed by atoms with Crippen LogP contribution in [0.3, 0.4) is 0 Å². The van der Waals surface area contributed by atoms with Gasteiger partial charge in [-0.2, -0.15) is 14.8 Å². The molecule has 2 aromatic carbocycles. The maximum atomic E-state index is 15.4. The number of nitrogens with one attached hydrogen (secondary N) is 2. The number of nitrogens with zero attached hydrogens (tertiary/aromatic N) is 6. The average Bonchev–Trinajstić information content (AvgIpc) is 3.57. The van der Waals surface area contributed by atoms with Crippen LogP contribution in [0.2, 0.25) is 0 Å². The molecule has 2 aromatic heterocycles. The van der Waals surface area contributed by atoms with Gasteiger partial charge in [0.05, 0.1) is 54.5 Å². The zero-order valence-corrected chi connectivity index (χ0v) is 26.9. The first-order valence-electron chi connectivity index (χ1n) is 15.8. The second-order valence-electron chi connectivity index (χ2n) is 12.9. The number of carbonyl (C=O) groups excluding carboxylic acids is 1. The summed E-state index contributed by atoms with van der Waals surface area (Å²) in [7, 11) is 0. The SMILES string of the molecule is CC(C)(C)c1cc(F)c2c(=O)n(-c3cccc(N4C=C(Nc5ccc(C(=O)N6CCOCC6)cn5)C5=NC=C[NH+]5C4)c3CO)ncc2c1. The number of aromatic nitrogens is 3. The van der Waals surface area contributed by atoms with Gasteiger partial charge in [0, 0.05) is 36.4 Å². The predicted octanol–water partition coefficient (Wildman–Crippen LogP) is 2.68. The lowest BCUT2D eigenvalue weighted by Crippen LogP contribution is -3.12. The third-order valence-electron chi connectivity index (χ3n) is 8.76. The quantitative estimate of drug-likeness (QED) is 0.291. The number of hydrogen-bond acceptors (Lipinski definition) is 9. The van der Waals surface area contributed by atoms with E-state index in [1.165, 1.54) is 12.3 Å². The minimum absolute atomic E-state index is 0.0608. The number of ether oxygens (including phenoxy) is 1. The number of anilines is 2. The van der Waals surface area contributed by atoms with E-state index in [9.17, 15) is 14.7 Å². The van der Waals surface area contributed by atoms with Gasteiger partial charge in [0.25, 0.3) is 17.3 Å². The monoisotopic (exact) mass is 651 g/mol. The number of benzene rings is 2. The summed E-state index contributed by atoms with van der Waals surface area (Å²) in [6.07, 6.45) is 8.55. The minimum atomic E-state index is -0.613. The molecule has 3 aliphatic rings. The minimum Gasteiger partial charge on any atom is -0.392 e. The average molecular weight is 652 g/mol. The molecule has 4 aromatic rings. The Labute approximate surface area is 276 Å². The van der Waals surface area contributed by atoms with Crippen LogP contribution in [0.1, 0.15) is 42.3 Å². The second kappa shape index (κ2) is 12.4. The number of aliphatic hydroxyl groups is 1. The normalized spacial score (nSPS) is 17.7. The molecular weight excluding hydrogens is 615 g/mol. The van der Waals surface area contributed by atoms with Crippen molar-refractivity contribution in [3.63, 3.8) is 0 Å². The molecule has 1 amide bonds. The Balaban J connectivity index is 1.22. The lowest BCUT2D eigenvalue weighted by Gasteiger charge is -2.31. The van der Waals surface area contributed by atoms with E-state index in [0.717, 1.165) is 21.0 Å². The molecular formula is C35H36FN8O4+. The summed E-state index contributed by atoms with van der Waals surface area (Å²) < 4.78 is 21.9. The fraction of sp³-hybridized carbons (Fsp3) is 0.286. The molecule has 48 heavy (non-hydrogen) atoms. The van der Waals surface area contributed by atoms with Crippen LogP contribution in [0.5, 0.6) is 0 Å². The highest BCUT2D eigenvalue weighted by Crippen LogP contribution is 2.30. The van der Waals surface area contributed by atoms with Crippen LogP contribution in [-0.4, -0.2) is 69.5 Å². The fourth-order valence-electron chi connectivity index (χ4n) is 6.14. The molecule has 1 fully saturated rings. The van der Waals surface area contributed by atoms with Crippen LogP contribution in [-0.2, 0) is 16.8 Å². The van der Waals surface area contributed by atoms with Gasteiger partial charge in [-0.25, -0.2) is 14.3 Å². The Morgan fingerprint density at radius 3 is 2.62 bits per heavy atom. The molecule has 1 saturated heterocycles. The summed E-state index contributed by atoms with van der Waals surface area (Å²) in [6.45, 7) is 8.12. The van der Waals surface area contributed by atoms with Crippen molar-refractivity contribution in [3.8, 4) is 5.69 Å². The van der Waals surface area contributed by atoms with E-state index < -0.39 is 18.0 Å². The third kappa shape index (κ3) is 5.76. The lowest BCUT2D eigenvalue weighted by molar-refractivity contribution is -0.743. The molecule has 1 unspecified atom stereocenters. The smallest absolute Gasteiger partial charge is 0.282 e. The number of amides is 1. The zero-order chi connectivity index (χ0) is 33.6. The Morgan fingerprint density at radius 2 is 1.90 bits per heavy atom. The molecule has 0 radical (unpaired) electrons. The molecule has 0 bridgehead atoms. The van der Waals surface area contributed by atoms with Gasteiger partial charge in [-0.1, -0.05) is 26.8 Å². The third-order valence-corrected chi connectivity index (χ3v) is 8.76. The van der Waals surface area contributed by atoms with Crippen LogP contribution in [0.15, 0.2) is 88.9 Å². The van der Waals surface area contributed by atoms with Gasteiger partial charge in [0.15, 0.2) is 6.67 Å². The number of aliphatic imine (C=N–C) groups is 1. The molecule has 0 aliphatic carbocycles. The summed E-state index contributed by atoms with van der Waals surface area (Å²) in [6, 6.07) is 12.0. The largest absolute Gasteiger partial charge is 0.392 e. The van der Waals surface area contributed by atoms with Crippen molar-refractivity contribution in [2.45, 2.75) is 32.8 Å². The van der Waals surface area contributed by atoms with Crippen LogP contribution < -0.4 is 20.7 Å². The van der Waals surface area contributed by atoms with E-state index in [4.69, 9.17) is 4.74 Å². The number of hydrogen-bond donors (Lipinski definition) is 3. The number of carbonyl (C=O) groups is 1. The van der Waals surface area contributed by atoms with Crippen molar-refractivity contribution in [2.75, 3.05) is 43.2 Å². The van der Waals surface area contributed by atoms with Crippen LogP contribution in [0.25, 0.3) is 16.5 Å². The number of quaternary nitrogens is 1. The first-order valence-corrected chi connectivity index (χ1v) is 15.8. The Hall–Kier alpha value is -5.24. The van der Waals surface area contributed by atoms with Gasteiger partial charge in [-0.15, -0.1) is 0 Å². The molecule has 0 saturated carbocycles. The maximum Gasteiger partial charge on any atom is 0.282 e. The fourth-order valence-corrected chi connectivity index (χ4v) is 6.14. The van der Waals surface area contributed by atoms with E-state index in [1.54, 1.807) is 47.6 Å². The first kappa shape index (κ1) is 31.4. The number of rotatable bonds is 6. The van der Waals surface area contributed by atoms with Gasteiger partial charge in [0.1, 0.15) is 23.5 Å². The van der Waals surface area contributed by atoms with Gasteiger partial charge in [-0.3, -0.25) is 14.5 Å². The molecule has 246 valence electrons. The van der Waals surface area contributed by atoms with Crippen molar-refractivity contribution >= 4 is 34.0 Å². The van der Waals surface area contributed by atoms with Crippen molar-refractivity contribution in [1.29, 1.82) is 0 Å². The number of aliphatic hydroxyl groups excluding tert-OH is 1. The van der Waals surface area contributed by atoms with Gasteiger partial charge < -0.3 is 20.1 Å². The molecule has 7 rings (SSSR count). The molecule has 3 aliphatic heterocycles. The summed E-state index contributed by atoms with van der Waals surface area (Å²) in [5.74, 6) is 0.573. The lowest BCUT2D eigenvalue weighted by atomic mass is 9.86. The highest BCUT2D eigenvalue weighted by molar-refractivity contribution is 5.97. The van der Waals surface area contributed by atoms with E-state index in [0.29, 0.717) is 72.4 Å². The topological polar surface area (TPSA) is 130 Å². The van der Waals surface area contributed by atoms with Gasteiger partial charge in [0.2, 0.25) is 0 Å². The molecule has 5 heterocycles. The molecule has 3 N–H and O–H groups in total. The second-order valence-corrected chi connectivity index (χ2v) is 12.9. The highest BCUT2D eigenvalue weighted by atomic mass is 19.1. The molecule has 1 atom stereocenters. The summed E-state index contributed by atoms with van der Waals surface area (Å²) in [5, 5.41) is 18.8. The Bertz CT molecular complexity index is 2060. The maximum absolute atomic E-state index is 15.4. The van der Waals surface area contributed by atoms with Crippen molar-refractivity contribution in [2.24, 2.45) is 4.99 Å². The van der Waals surface area contributed by atoms with E-state index in [1.807, 2.05) is 44.1 Å². The predicted molar refractivity (Wildman–Crippen MR) is 179 cm³/mol. The van der Waals surface area contributed by atoms with Crippen LogP contribution >= 0.6 is 0 Å². The standard InChI is InChI=1S/C35H35FN8O4/c1-35(2,3)24-15-23-18-39-44(34(47)31(23)26(36)16-24)29-6-4-5-28(25(29)20-45)43-19-27(32-37-9-10-42(32)21-43)40-30-8-7-22(17-38-30)33(46)41-11-13-48-14-12-41/h4-10,15-19,45H,11-14,20-21H2,1-3H3,(H,38,40)/p+1. The first-order chi connectivity index (χ1) is 23.1. The van der Waals surface area contributed by atoms with Crippen molar-refractivity contribution < 1.29 is 23.9 Å². The number of morpholine rings is 1. The number of halogens is 1. The van der Waals surface area contributed by atoms with Crippen molar-refractivity contribution in [3.05, 3.63) is 112 Å². The number of amidine groups is 1. The van der Waals surface area contributed by atoms with E-state index in [2.05, 4.69) is 20.4 Å².